The SMILES string of the molecule is CN=C1C=C(N[C@H]2O[C@@H](C)[C@H](OC)[C@@H](O)[C@H]2OC)C(=O)c2cc3c(c(O)c21)C(=O)C1(OC)C(O)Cc2cc(C)c(C(=O)O)c(O)c2C1(O)C3=O. The molecule has 1 saturated heterocycles. The molecule has 7 N–H and O–H groups in total. The van der Waals surface area contributed by atoms with E-state index < -0.39 is 111 Å². The van der Waals surface area contributed by atoms with Crippen LogP contribution in [-0.4, -0.2) is 130 Å². The van der Waals surface area contributed by atoms with Gasteiger partial charge in [-0.1, -0.05) is 6.07 Å². The van der Waals surface area contributed by atoms with Gasteiger partial charge in [-0.2, -0.15) is 0 Å². The zero-order valence-corrected chi connectivity index (χ0v) is 27.8. The number of nitrogens with zero attached hydrogens (tertiary/aromatic N) is 1. The average molecular weight is 697 g/mol. The number of nitrogens with one attached hydrogen (secondary N) is 1. The van der Waals surface area contributed by atoms with Crippen LogP contribution in [0.5, 0.6) is 11.5 Å². The molecule has 0 amide bonds. The van der Waals surface area contributed by atoms with Crippen molar-refractivity contribution >= 4 is 29.0 Å². The number of carboxylic acids is 1. The number of hydrogen-bond acceptors (Lipinski definition) is 15. The molecule has 4 aliphatic rings. The van der Waals surface area contributed by atoms with Crippen molar-refractivity contribution in [3.05, 3.63) is 68.4 Å². The summed E-state index contributed by atoms with van der Waals surface area (Å²) in [5.41, 5.74) is -9.50. The minimum Gasteiger partial charge on any atom is -0.507 e. The van der Waals surface area contributed by atoms with E-state index in [4.69, 9.17) is 18.9 Å². The first-order chi connectivity index (χ1) is 23.6. The second-order valence-electron chi connectivity index (χ2n) is 12.6. The van der Waals surface area contributed by atoms with Gasteiger partial charge in [-0.05, 0) is 37.1 Å². The Balaban J connectivity index is 1.54. The lowest BCUT2D eigenvalue weighted by Gasteiger charge is -2.53. The molecule has 0 radical (unpaired) electrons. The number of hydrogen-bond donors (Lipinski definition) is 7. The molecule has 1 aliphatic heterocycles. The Morgan fingerprint density at radius 2 is 1.66 bits per heavy atom. The summed E-state index contributed by atoms with van der Waals surface area (Å²) in [7, 11) is 5.01. The van der Waals surface area contributed by atoms with Crippen molar-refractivity contribution in [3.8, 4) is 11.5 Å². The van der Waals surface area contributed by atoms with E-state index in [0.717, 1.165) is 13.2 Å². The Labute approximate surface area is 284 Å². The molecule has 3 aliphatic carbocycles. The van der Waals surface area contributed by atoms with Crippen molar-refractivity contribution in [2.75, 3.05) is 28.4 Å². The first kappa shape index (κ1) is 35.3. The van der Waals surface area contributed by atoms with E-state index >= 15 is 0 Å². The third-order valence-electron chi connectivity index (χ3n) is 10.2. The van der Waals surface area contributed by atoms with Crippen LogP contribution in [0.1, 0.15) is 70.6 Å². The molecule has 2 aromatic rings. The highest BCUT2D eigenvalue weighted by Gasteiger charge is 2.72. The number of phenolic OH excluding ortho intramolecular Hbond substituents is 1. The quantitative estimate of drug-likeness (QED) is 0.208. The number of aliphatic hydroxyl groups is 3. The zero-order valence-electron chi connectivity index (χ0n) is 27.8. The number of aromatic hydroxyl groups is 2. The summed E-state index contributed by atoms with van der Waals surface area (Å²) in [5, 5.41) is 70.4. The molecule has 16 heteroatoms. The van der Waals surface area contributed by atoms with E-state index in [-0.39, 0.29) is 33.7 Å². The molecule has 50 heavy (non-hydrogen) atoms. The second kappa shape index (κ2) is 12.1. The highest BCUT2D eigenvalue weighted by molar-refractivity contribution is 6.31. The lowest BCUT2D eigenvalue weighted by atomic mass is 9.56. The maximum Gasteiger partial charge on any atom is 0.339 e. The predicted molar refractivity (Wildman–Crippen MR) is 170 cm³/mol. The molecule has 1 heterocycles. The Bertz CT molecular complexity index is 1940. The van der Waals surface area contributed by atoms with Crippen LogP contribution in [0.4, 0.5) is 0 Å². The Kier molecular flexibility index (Phi) is 8.50. The van der Waals surface area contributed by atoms with Crippen LogP contribution in [0.2, 0.25) is 0 Å². The van der Waals surface area contributed by atoms with Gasteiger partial charge in [0.05, 0.1) is 34.7 Å². The number of ketones is 3. The molecule has 3 unspecified atom stereocenters. The van der Waals surface area contributed by atoms with E-state index in [1.807, 2.05) is 0 Å². The van der Waals surface area contributed by atoms with Crippen LogP contribution in [0.15, 0.2) is 28.9 Å². The van der Waals surface area contributed by atoms with Crippen molar-refractivity contribution < 1.29 is 68.8 Å². The molecular weight excluding hydrogens is 660 g/mol. The molecule has 8 atom stereocenters. The van der Waals surface area contributed by atoms with Crippen LogP contribution < -0.4 is 5.32 Å². The van der Waals surface area contributed by atoms with Gasteiger partial charge in [-0.15, -0.1) is 0 Å². The summed E-state index contributed by atoms with van der Waals surface area (Å²) < 4.78 is 22.2. The van der Waals surface area contributed by atoms with Crippen LogP contribution >= 0.6 is 0 Å². The van der Waals surface area contributed by atoms with E-state index in [9.17, 15) is 49.8 Å². The fourth-order valence-electron chi connectivity index (χ4n) is 7.95. The maximum atomic E-state index is 14.6. The normalized spacial score (nSPS) is 32.5. The number of phenols is 2. The van der Waals surface area contributed by atoms with Gasteiger partial charge in [0.2, 0.25) is 17.3 Å². The number of ether oxygens (including phenoxy) is 4. The van der Waals surface area contributed by atoms with Gasteiger partial charge in [-0.3, -0.25) is 19.4 Å². The number of carbonyl (C=O) groups is 4. The van der Waals surface area contributed by atoms with E-state index in [2.05, 4.69) is 10.3 Å². The molecule has 1 fully saturated rings. The van der Waals surface area contributed by atoms with Gasteiger partial charge in [0.15, 0.2) is 17.4 Å². The van der Waals surface area contributed by atoms with Gasteiger partial charge in [0, 0.05) is 51.5 Å². The van der Waals surface area contributed by atoms with Crippen LogP contribution in [0, 0.1) is 6.92 Å². The van der Waals surface area contributed by atoms with Crippen LogP contribution in [-0.2, 0) is 31.0 Å². The molecule has 0 spiro atoms. The van der Waals surface area contributed by atoms with E-state index in [1.54, 1.807) is 6.92 Å². The molecule has 266 valence electrons. The minimum atomic E-state index is -3.23. The molecule has 2 aromatic carbocycles. The number of carbonyl (C=O) groups excluding carboxylic acids is 3. The summed E-state index contributed by atoms with van der Waals surface area (Å²) in [6.45, 7) is 3.02. The van der Waals surface area contributed by atoms with Crippen LogP contribution in [0.25, 0.3) is 0 Å². The molecule has 16 nitrogen and oxygen atoms in total. The number of allylic oxidation sites excluding steroid dienone is 2. The second-order valence-corrected chi connectivity index (χ2v) is 12.6. The van der Waals surface area contributed by atoms with Crippen LogP contribution in [0.3, 0.4) is 0 Å². The predicted octanol–water partition coefficient (Wildman–Crippen LogP) is -0.102. The summed E-state index contributed by atoms with van der Waals surface area (Å²) in [5.74, 6) is -6.93. The highest BCUT2D eigenvalue weighted by atomic mass is 16.6. The summed E-state index contributed by atoms with van der Waals surface area (Å²) in [4.78, 5) is 59.5. The minimum absolute atomic E-state index is 0.0168. The largest absolute Gasteiger partial charge is 0.507 e. The van der Waals surface area contributed by atoms with E-state index in [1.165, 1.54) is 40.3 Å². The molecule has 0 saturated carbocycles. The third-order valence-corrected chi connectivity index (χ3v) is 10.2. The van der Waals surface area contributed by atoms with Crippen molar-refractivity contribution in [1.29, 1.82) is 0 Å². The van der Waals surface area contributed by atoms with Gasteiger partial charge in [-0.25, -0.2) is 4.79 Å². The zero-order chi connectivity index (χ0) is 36.8. The number of aliphatic hydroxyl groups excluding tert-OH is 2. The first-order valence-electron chi connectivity index (χ1n) is 15.5. The monoisotopic (exact) mass is 696 g/mol. The first-order valence-corrected chi connectivity index (χ1v) is 15.5. The number of fused-ring (bicyclic) bond motifs is 5. The average Bonchev–Trinajstić information content (AvgIpc) is 3.04. The fourth-order valence-corrected chi connectivity index (χ4v) is 7.95. The number of aromatic carboxylic acids is 1. The topological polar surface area (TPSA) is 251 Å². The summed E-state index contributed by atoms with van der Waals surface area (Å²) >= 11 is 0. The van der Waals surface area contributed by atoms with Crippen molar-refractivity contribution in [2.24, 2.45) is 4.99 Å². The summed E-state index contributed by atoms with van der Waals surface area (Å²) in [6, 6.07) is 2.24. The molecule has 0 aromatic heterocycles. The van der Waals surface area contributed by atoms with Crippen molar-refractivity contribution in [1.82, 2.24) is 5.32 Å². The smallest absolute Gasteiger partial charge is 0.339 e. The summed E-state index contributed by atoms with van der Waals surface area (Å²) in [6.07, 6.45) is -5.82. The molecule has 0 bridgehead atoms. The molecule has 6 rings (SSSR count). The number of Topliss-reactive ketones (excluding diaryl/α,β-unsaturated/α-hetero) is 3. The third kappa shape index (κ3) is 4.40. The highest BCUT2D eigenvalue weighted by Crippen LogP contribution is 2.56. The number of carboxylic acid groups (broad SMARTS) is 1. The van der Waals surface area contributed by atoms with Crippen molar-refractivity contribution in [3.63, 3.8) is 0 Å². The fraction of sp³-hybridized carbons (Fsp3) is 0.441. The number of aryl methyl sites for hydroxylation is 1. The Morgan fingerprint density at radius 3 is 2.24 bits per heavy atom. The number of rotatable bonds is 6. The Morgan fingerprint density at radius 1 is 1.00 bits per heavy atom. The van der Waals surface area contributed by atoms with Crippen molar-refractivity contribution in [2.45, 2.75) is 68.2 Å². The lowest BCUT2D eigenvalue weighted by Crippen LogP contribution is -2.73. The number of methoxy groups -OCH3 is 3. The Hall–Kier alpha value is -4.55. The lowest BCUT2D eigenvalue weighted by molar-refractivity contribution is -0.236. The van der Waals surface area contributed by atoms with Gasteiger partial charge >= 0.3 is 5.97 Å². The van der Waals surface area contributed by atoms with Gasteiger partial charge in [0.1, 0.15) is 35.4 Å². The van der Waals surface area contributed by atoms with E-state index in [0.29, 0.717) is 0 Å². The number of aliphatic imine (C=N–C) groups is 1. The number of benzene rings is 2. The standard InChI is InChI=1S/C34H36N2O14/c1-11-7-13-8-18(37)34(49-6)30(43)21-15(29(42)33(34,46)22(13)25(40)19(11)32(44)45)9-14-20(24(21)39)16(35-3)10-17(23(14)38)36-31-28(48-5)26(41)27(47-4)12(2)50-31/h7,9-10,12,18,26-28,31,36-37,39-41,46H,8H2,1-6H3,(H,44,45)/t12-,18?,26+,27-,28+,31-,33?,34?/m0/s1. The van der Waals surface area contributed by atoms with Gasteiger partial charge < -0.3 is 54.9 Å². The molecular formula is C34H36N2O14. The van der Waals surface area contributed by atoms with Gasteiger partial charge in [0.25, 0.3) is 0 Å². The maximum absolute atomic E-state index is 14.6.